The molecule has 1 aliphatic rings. The smallest absolute Gasteiger partial charge is 0.207 e. The summed E-state index contributed by atoms with van der Waals surface area (Å²) in [5.41, 5.74) is 0. The number of rotatable bonds is 0. The van der Waals surface area contributed by atoms with Crippen LogP contribution in [0, 0.1) is 12.3 Å². The predicted molar refractivity (Wildman–Crippen MR) is 26.4 cm³/mol. The second-order valence-corrected chi connectivity index (χ2v) is 2.44. The molecule has 1 fully saturated rings. The van der Waals surface area contributed by atoms with Crippen LogP contribution in [0.1, 0.15) is 0 Å². The average molecular weight is 147 g/mol. The molecule has 0 aliphatic carbocycles. The van der Waals surface area contributed by atoms with Gasteiger partial charge in [0.1, 0.15) is 6.61 Å². The van der Waals surface area contributed by atoms with Gasteiger partial charge in [-0.15, -0.1) is 6.42 Å². The normalized spacial score (nSPS) is 41.3. The highest BCUT2D eigenvalue weighted by atomic mass is 79.9. The minimum absolute atomic E-state index is 0.368. The van der Waals surface area contributed by atoms with Crippen molar-refractivity contribution in [3.05, 3.63) is 0 Å². The number of epoxide rings is 1. The van der Waals surface area contributed by atoms with Crippen molar-refractivity contribution in [2.24, 2.45) is 0 Å². The molecular weight excluding hydrogens is 144 g/mol. The van der Waals surface area contributed by atoms with E-state index in [0.717, 1.165) is 0 Å². The number of terminal acetylenes is 1. The summed E-state index contributed by atoms with van der Waals surface area (Å²) in [6.45, 7) is 0.656. The van der Waals surface area contributed by atoms with Crippen LogP contribution in [0.3, 0.4) is 0 Å². The summed E-state index contributed by atoms with van der Waals surface area (Å²) < 4.78 is 4.36. The van der Waals surface area contributed by atoms with E-state index >= 15 is 0 Å². The Balaban J connectivity index is 2.54. The van der Waals surface area contributed by atoms with Crippen LogP contribution in [-0.2, 0) is 4.74 Å². The van der Waals surface area contributed by atoms with Gasteiger partial charge in [-0.3, -0.25) is 0 Å². The SMILES string of the molecule is C#CC1(Br)CO1. The van der Waals surface area contributed by atoms with Gasteiger partial charge in [0.15, 0.2) is 0 Å². The molecule has 1 heterocycles. The van der Waals surface area contributed by atoms with E-state index in [-0.39, 0.29) is 4.51 Å². The molecule has 0 aromatic heterocycles. The molecule has 1 atom stereocenters. The molecule has 0 aromatic rings. The van der Waals surface area contributed by atoms with Crippen LogP contribution >= 0.6 is 15.9 Å². The Morgan fingerprint density at radius 3 is 2.50 bits per heavy atom. The van der Waals surface area contributed by atoms with E-state index in [2.05, 4.69) is 21.9 Å². The Kier molecular flexibility index (Phi) is 0.686. The van der Waals surface area contributed by atoms with Gasteiger partial charge in [-0.2, -0.15) is 0 Å². The van der Waals surface area contributed by atoms with E-state index in [4.69, 9.17) is 11.2 Å². The summed E-state index contributed by atoms with van der Waals surface area (Å²) in [4.78, 5) is 0. The summed E-state index contributed by atoms with van der Waals surface area (Å²) in [6.07, 6.45) is 4.95. The summed E-state index contributed by atoms with van der Waals surface area (Å²) >= 11 is 3.13. The van der Waals surface area contributed by atoms with Gasteiger partial charge in [-0.25, -0.2) is 0 Å². The Morgan fingerprint density at radius 2 is 2.50 bits per heavy atom. The van der Waals surface area contributed by atoms with Crippen LogP contribution < -0.4 is 0 Å². The van der Waals surface area contributed by atoms with E-state index in [0.29, 0.717) is 6.61 Å². The lowest BCUT2D eigenvalue weighted by molar-refractivity contribution is 0.432. The molecule has 1 saturated heterocycles. The molecule has 0 spiro atoms. The summed E-state index contributed by atoms with van der Waals surface area (Å²) in [5, 5.41) is 0. The summed E-state index contributed by atoms with van der Waals surface area (Å²) in [5.74, 6) is 2.41. The molecule has 2 heteroatoms. The molecule has 1 nitrogen and oxygen atoms in total. The fraction of sp³-hybridized carbons (Fsp3) is 0.500. The van der Waals surface area contributed by atoms with Gasteiger partial charge in [0, 0.05) is 0 Å². The van der Waals surface area contributed by atoms with Crippen molar-refractivity contribution in [1.29, 1.82) is 0 Å². The lowest BCUT2D eigenvalue weighted by atomic mass is 10.5. The van der Waals surface area contributed by atoms with Crippen molar-refractivity contribution >= 4 is 15.9 Å². The Morgan fingerprint density at radius 1 is 2.00 bits per heavy atom. The maximum atomic E-state index is 4.95. The first kappa shape index (κ1) is 4.17. The fourth-order valence-electron chi connectivity index (χ4n) is 0.147. The molecular formula is C4H3BrO. The van der Waals surface area contributed by atoms with Crippen LogP contribution in [0.2, 0.25) is 0 Å². The highest BCUT2D eigenvalue weighted by Gasteiger charge is 2.39. The third kappa shape index (κ3) is 0.562. The van der Waals surface area contributed by atoms with Crippen molar-refractivity contribution in [3.8, 4) is 12.3 Å². The Labute approximate surface area is 44.8 Å². The minimum Gasteiger partial charge on any atom is -0.345 e. The Bertz CT molecular complexity index is 98.6. The highest BCUT2D eigenvalue weighted by Crippen LogP contribution is 2.32. The second-order valence-electron chi connectivity index (χ2n) is 1.16. The van der Waals surface area contributed by atoms with Gasteiger partial charge < -0.3 is 4.74 Å². The van der Waals surface area contributed by atoms with Gasteiger partial charge in [0.2, 0.25) is 4.51 Å². The van der Waals surface area contributed by atoms with E-state index in [1.165, 1.54) is 0 Å². The summed E-state index contributed by atoms with van der Waals surface area (Å²) in [7, 11) is 0. The van der Waals surface area contributed by atoms with Gasteiger partial charge in [-0.05, 0) is 15.9 Å². The van der Waals surface area contributed by atoms with Crippen molar-refractivity contribution in [3.63, 3.8) is 0 Å². The number of ether oxygens (including phenoxy) is 1. The molecule has 1 aliphatic heterocycles. The van der Waals surface area contributed by atoms with Crippen LogP contribution in [0.5, 0.6) is 0 Å². The molecule has 0 amide bonds. The monoisotopic (exact) mass is 146 g/mol. The maximum absolute atomic E-state index is 4.95. The zero-order valence-corrected chi connectivity index (χ0v) is 4.66. The fourth-order valence-corrected chi connectivity index (χ4v) is 0.261. The van der Waals surface area contributed by atoms with Crippen molar-refractivity contribution < 1.29 is 4.74 Å². The minimum atomic E-state index is -0.368. The van der Waals surface area contributed by atoms with Gasteiger partial charge in [0.05, 0.1) is 0 Å². The first-order valence-electron chi connectivity index (χ1n) is 1.57. The quantitative estimate of drug-likeness (QED) is 0.279. The standard InChI is InChI=1S/C4H3BrO/c1-2-4(5)3-6-4/h1H,3H2. The van der Waals surface area contributed by atoms with Gasteiger partial charge >= 0.3 is 0 Å². The van der Waals surface area contributed by atoms with Crippen LogP contribution in [0.4, 0.5) is 0 Å². The zero-order valence-electron chi connectivity index (χ0n) is 3.07. The molecule has 32 valence electrons. The summed E-state index contributed by atoms with van der Waals surface area (Å²) in [6, 6.07) is 0. The number of hydrogen-bond acceptors (Lipinski definition) is 1. The molecule has 6 heavy (non-hydrogen) atoms. The lowest BCUT2D eigenvalue weighted by Crippen LogP contribution is -1.88. The first-order valence-corrected chi connectivity index (χ1v) is 2.37. The largest absolute Gasteiger partial charge is 0.345 e. The third-order valence-corrected chi connectivity index (χ3v) is 1.30. The van der Waals surface area contributed by atoms with Gasteiger partial charge in [0.25, 0.3) is 0 Å². The number of halogens is 1. The second kappa shape index (κ2) is 0.988. The number of alkyl halides is 1. The lowest BCUT2D eigenvalue weighted by Gasteiger charge is -1.79. The van der Waals surface area contributed by atoms with Crippen molar-refractivity contribution in [2.45, 2.75) is 4.51 Å². The zero-order chi connectivity index (χ0) is 4.62. The van der Waals surface area contributed by atoms with E-state index in [9.17, 15) is 0 Å². The van der Waals surface area contributed by atoms with E-state index < -0.39 is 0 Å². The van der Waals surface area contributed by atoms with Crippen LogP contribution in [0.25, 0.3) is 0 Å². The molecule has 0 N–H and O–H groups in total. The van der Waals surface area contributed by atoms with Crippen molar-refractivity contribution in [2.75, 3.05) is 6.61 Å². The highest BCUT2D eigenvalue weighted by molar-refractivity contribution is 9.10. The Hall–Kier alpha value is -0.0000000000000000208. The van der Waals surface area contributed by atoms with E-state index in [1.807, 2.05) is 0 Å². The van der Waals surface area contributed by atoms with E-state index in [1.54, 1.807) is 0 Å². The predicted octanol–water partition coefficient (Wildman–Crippen LogP) is 0.741. The molecule has 0 aromatic carbocycles. The van der Waals surface area contributed by atoms with Crippen LogP contribution in [0.15, 0.2) is 0 Å². The maximum Gasteiger partial charge on any atom is 0.207 e. The molecule has 0 saturated carbocycles. The van der Waals surface area contributed by atoms with Crippen LogP contribution in [-0.4, -0.2) is 11.1 Å². The molecule has 0 radical (unpaired) electrons. The van der Waals surface area contributed by atoms with Gasteiger partial charge in [-0.1, -0.05) is 5.92 Å². The third-order valence-electron chi connectivity index (χ3n) is 0.613. The average Bonchev–Trinajstić information content (AvgIpc) is 2.22. The molecule has 1 rings (SSSR count). The first-order chi connectivity index (χ1) is 2.77. The number of hydrogen-bond donors (Lipinski definition) is 0. The van der Waals surface area contributed by atoms with Crippen molar-refractivity contribution in [1.82, 2.24) is 0 Å². The topological polar surface area (TPSA) is 12.5 Å². The molecule has 1 unspecified atom stereocenters. The molecule has 0 bridgehead atoms.